The average Bonchev–Trinajstić information content (AvgIpc) is 2.40. The molecule has 18 heavy (non-hydrogen) atoms. The summed E-state index contributed by atoms with van der Waals surface area (Å²) in [5.41, 5.74) is 1.67. The fourth-order valence-electron chi connectivity index (χ4n) is 1.92. The van der Waals surface area contributed by atoms with Gasteiger partial charge in [0.25, 0.3) is 5.91 Å². The number of rotatable bonds is 3. The van der Waals surface area contributed by atoms with E-state index >= 15 is 0 Å². The maximum absolute atomic E-state index is 12.1. The largest absolute Gasteiger partial charge is 0.378 e. The molecule has 1 saturated heterocycles. The van der Waals surface area contributed by atoms with Gasteiger partial charge in [-0.05, 0) is 24.6 Å². The number of hydrogen-bond donors (Lipinski definition) is 2. The molecule has 1 amide bonds. The van der Waals surface area contributed by atoms with Crippen LogP contribution in [0.25, 0.3) is 0 Å². The van der Waals surface area contributed by atoms with Crippen LogP contribution in [0.4, 0.5) is 0 Å². The number of nitrogens with one attached hydrogen (secondary N) is 2. The highest BCUT2D eigenvalue weighted by molar-refractivity contribution is 9.10. The highest BCUT2D eigenvalue weighted by atomic mass is 79.9. The summed E-state index contributed by atoms with van der Waals surface area (Å²) in [5.74, 6) is -0.0406. The highest BCUT2D eigenvalue weighted by Gasteiger charge is 2.15. The summed E-state index contributed by atoms with van der Waals surface area (Å²) in [6, 6.07) is 5.84. The number of hydrogen-bond acceptors (Lipinski definition) is 3. The highest BCUT2D eigenvalue weighted by Crippen LogP contribution is 2.19. The third kappa shape index (κ3) is 3.31. The Hall–Kier alpha value is -0.910. The molecule has 0 spiro atoms. The van der Waals surface area contributed by atoms with Crippen molar-refractivity contribution in [3.63, 3.8) is 0 Å². The minimum Gasteiger partial charge on any atom is -0.378 e. The van der Waals surface area contributed by atoms with E-state index < -0.39 is 0 Å². The summed E-state index contributed by atoms with van der Waals surface area (Å²) in [6.07, 6.45) is 0. The maximum Gasteiger partial charge on any atom is 0.251 e. The van der Waals surface area contributed by atoms with Gasteiger partial charge in [0.05, 0.1) is 13.2 Å². The van der Waals surface area contributed by atoms with Crippen LogP contribution in [0.2, 0.25) is 0 Å². The lowest BCUT2D eigenvalue weighted by Gasteiger charge is -2.24. The monoisotopic (exact) mass is 312 g/mol. The zero-order chi connectivity index (χ0) is 13.0. The molecule has 1 fully saturated rings. The Morgan fingerprint density at radius 2 is 2.44 bits per heavy atom. The van der Waals surface area contributed by atoms with E-state index in [1.807, 2.05) is 25.1 Å². The zero-order valence-electron chi connectivity index (χ0n) is 10.3. The summed E-state index contributed by atoms with van der Waals surface area (Å²) in [7, 11) is 0. The molecule has 0 bridgehead atoms. The van der Waals surface area contributed by atoms with Crippen molar-refractivity contribution < 1.29 is 9.53 Å². The Kier molecular flexibility index (Phi) is 4.74. The van der Waals surface area contributed by atoms with Gasteiger partial charge < -0.3 is 15.4 Å². The Morgan fingerprint density at radius 1 is 1.61 bits per heavy atom. The van der Waals surface area contributed by atoms with Gasteiger partial charge in [0, 0.05) is 29.2 Å². The van der Waals surface area contributed by atoms with Crippen molar-refractivity contribution in [2.24, 2.45) is 0 Å². The Labute approximate surface area is 115 Å². The average molecular weight is 313 g/mol. The Balaban J connectivity index is 1.93. The molecular formula is C13H17BrN2O2. The van der Waals surface area contributed by atoms with E-state index in [9.17, 15) is 4.79 Å². The van der Waals surface area contributed by atoms with Crippen LogP contribution < -0.4 is 10.6 Å². The third-order valence-corrected chi connectivity index (χ3v) is 3.88. The predicted molar refractivity (Wildman–Crippen MR) is 73.8 cm³/mol. The summed E-state index contributed by atoms with van der Waals surface area (Å²) in [5, 5.41) is 6.24. The topological polar surface area (TPSA) is 50.4 Å². The van der Waals surface area contributed by atoms with E-state index in [1.54, 1.807) is 0 Å². The molecule has 0 aliphatic carbocycles. The molecule has 2 N–H and O–H groups in total. The van der Waals surface area contributed by atoms with Crippen molar-refractivity contribution in [1.29, 1.82) is 0 Å². The number of amides is 1. The van der Waals surface area contributed by atoms with Crippen molar-refractivity contribution in [3.05, 3.63) is 33.8 Å². The molecule has 0 saturated carbocycles. The zero-order valence-corrected chi connectivity index (χ0v) is 11.9. The molecule has 0 aromatic heterocycles. The maximum atomic E-state index is 12.1. The fourth-order valence-corrected chi connectivity index (χ4v) is 2.28. The van der Waals surface area contributed by atoms with Crippen molar-refractivity contribution in [1.82, 2.24) is 10.6 Å². The standard InChI is InChI=1S/C13H17BrN2O2/c1-9-11(3-2-4-12(9)14)13(17)16-7-10-8-18-6-5-15-10/h2-4,10,15H,5-8H2,1H3,(H,16,17). The van der Waals surface area contributed by atoms with E-state index in [1.165, 1.54) is 0 Å². The van der Waals surface area contributed by atoms with Gasteiger partial charge in [-0.15, -0.1) is 0 Å². The second kappa shape index (κ2) is 6.31. The molecule has 1 atom stereocenters. The number of carbonyl (C=O) groups excluding carboxylic acids is 1. The SMILES string of the molecule is Cc1c(Br)cccc1C(=O)NCC1COCCN1. The van der Waals surface area contributed by atoms with Gasteiger partial charge in [-0.1, -0.05) is 22.0 Å². The first-order valence-corrected chi connectivity index (χ1v) is 6.82. The van der Waals surface area contributed by atoms with Gasteiger partial charge in [0.1, 0.15) is 0 Å². The van der Waals surface area contributed by atoms with Crippen LogP contribution in [0.1, 0.15) is 15.9 Å². The number of morpholine rings is 1. The van der Waals surface area contributed by atoms with E-state index in [4.69, 9.17) is 4.74 Å². The van der Waals surface area contributed by atoms with Gasteiger partial charge in [0.2, 0.25) is 0 Å². The van der Waals surface area contributed by atoms with Gasteiger partial charge >= 0.3 is 0 Å². The molecule has 1 aliphatic heterocycles. The second-order valence-corrected chi connectivity index (χ2v) is 5.20. The molecule has 1 aromatic carbocycles. The van der Waals surface area contributed by atoms with Crippen LogP contribution in [-0.2, 0) is 4.74 Å². The van der Waals surface area contributed by atoms with Gasteiger partial charge in [-0.25, -0.2) is 0 Å². The lowest BCUT2D eigenvalue weighted by molar-refractivity contribution is 0.0734. The molecule has 2 rings (SSSR count). The van der Waals surface area contributed by atoms with Crippen molar-refractivity contribution in [3.8, 4) is 0 Å². The number of ether oxygens (including phenoxy) is 1. The normalized spacial score (nSPS) is 19.6. The van der Waals surface area contributed by atoms with E-state index in [0.717, 1.165) is 23.2 Å². The first kappa shape index (κ1) is 13.5. The van der Waals surface area contributed by atoms with Crippen LogP contribution in [0, 0.1) is 6.92 Å². The molecule has 1 aromatic rings. The molecular weight excluding hydrogens is 296 g/mol. The lowest BCUT2D eigenvalue weighted by atomic mass is 10.1. The van der Waals surface area contributed by atoms with Crippen LogP contribution in [0.3, 0.4) is 0 Å². The second-order valence-electron chi connectivity index (χ2n) is 4.35. The molecule has 4 nitrogen and oxygen atoms in total. The molecule has 5 heteroatoms. The first-order chi connectivity index (χ1) is 8.68. The number of benzene rings is 1. The molecule has 1 unspecified atom stereocenters. The van der Waals surface area contributed by atoms with Crippen molar-refractivity contribution in [2.45, 2.75) is 13.0 Å². The number of halogens is 1. The third-order valence-electron chi connectivity index (χ3n) is 3.02. The van der Waals surface area contributed by atoms with Crippen LogP contribution in [-0.4, -0.2) is 38.3 Å². The smallest absolute Gasteiger partial charge is 0.251 e. The Morgan fingerprint density at radius 3 is 3.17 bits per heavy atom. The van der Waals surface area contributed by atoms with Gasteiger partial charge in [0.15, 0.2) is 0 Å². The first-order valence-electron chi connectivity index (χ1n) is 6.03. The molecule has 98 valence electrons. The number of carbonyl (C=O) groups is 1. The fraction of sp³-hybridized carbons (Fsp3) is 0.462. The van der Waals surface area contributed by atoms with E-state index in [-0.39, 0.29) is 11.9 Å². The van der Waals surface area contributed by atoms with Crippen LogP contribution in [0.15, 0.2) is 22.7 Å². The summed E-state index contributed by atoms with van der Waals surface area (Å²) in [4.78, 5) is 12.1. The van der Waals surface area contributed by atoms with Crippen molar-refractivity contribution >= 4 is 21.8 Å². The van der Waals surface area contributed by atoms with E-state index in [0.29, 0.717) is 18.7 Å². The predicted octanol–water partition coefficient (Wildman–Crippen LogP) is 1.48. The van der Waals surface area contributed by atoms with Crippen LogP contribution in [0.5, 0.6) is 0 Å². The van der Waals surface area contributed by atoms with Crippen LogP contribution >= 0.6 is 15.9 Å². The quantitative estimate of drug-likeness (QED) is 0.889. The molecule has 1 aliphatic rings. The summed E-state index contributed by atoms with van der Waals surface area (Å²) >= 11 is 3.43. The summed E-state index contributed by atoms with van der Waals surface area (Å²) < 4.78 is 6.29. The van der Waals surface area contributed by atoms with Gasteiger partial charge in [-0.2, -0.15) is 0 Å². The Bertz CT molecular complexity index is 431. The van der Waals surface area contributed by atoms with E-state index in [2.05, 4.69) is 26.6 Å². The summed E-state index contributed by atoms with van der Waals surface area (Å²) in [6.45, 7) is 4.76. The lowest BCUT2D eigenvalue weighted by Crippen LogP contribution is -2.48. The van der Waals surface area contributed by atoms with Gasteiger partial charge in [-0.3, -0.25) is 4.79 Å². The molecule has 0 radical (unpaired) electrons. The molecule has 1 heterocycles. The minimum atomic E-state index is -0.0406. The van der Waals surface area contributed by atoms with Crippen molar-refractivity contribution in [2.75, 3.05) is 26.3 Å². The minimum absolute atomic E-state index is 0.0406.